The molecule has 0 spiro atoms. The summed E-state index contributed by atoms with van der Waals surface area (Å²) in [5.74, 6) is 0.957. The Kier molecular flexibility index (Phi) is 7.13. The Balaban J connectivity index is 2.13. The van der Waals surface area contributed by atoms with Gasteiger partial charge in [0.2, 0.25) is 0 Å². The van der Waals surface area contributed by atoms with E-state index in [1.54, 1.807) is 42.5 Å². The topological polar surface area (TPSA) is 124 Å². The maximum atomic E-state index is 12.8. The highest BCUT2D eigenvalue weighted by Crippen LogP contribution is 2.32. The van der Waals surface area contributed by atoms with Crippen LogP contribution >= 0.6 is 0 Å². The summed E-state index contributed by atoms with van der Waals surface area (Å²) in [6.45, 7) is 7.35. The number of anilines is 1. The smallest absolute Gasteiger partial charge is 0.405 e. The van der Waals surface area contributed by atoms with Crippen molar-refractivity contribution in [2.24, 2.45) is 11.1 Å². The Labute approximate surface area is 181 Å². The molecule has 0 bridgehead atoms. The molecular formula is C23H27N3O5. The van der Waals surface area contributed by atoms with E-state index in [-0.39, 0.29) is 11.8 Å². The van der Waals surface area contributed by atoms with E-state index < -0.39 is 17.6 Å². The molecule has 3 N–H and O–H groups in total. The minimum atomic E-state index is -1.42. The standard InChI is InChI=1S/C23H27N3O5/c1-22(2,3)14-23(4,31-21(25)28)20(27)26-16-7-10-17(11-8-16)30-18-9-6-15(13-24)19(12-18)29-5/h6-12H,14H2,1-5H3,(H2,25,28)(H,26,27). The van der Waals surface area contributed by atoms with E-state index in [1.807, 2.05) is 26.8 Å². The molecule has 0 fully saturated rings. The molecule has 0 aromatic heterocycles. The van der Waals surface area contributed by atoms with Crippen molar-refractivity contribution in [1.29, 1.82) is 5.26 Å². The molecule has 8 heteroatoms. The fourth-order valence-electron chi connectivity index (χ4n) is 3.23. The fourth-order valence-corrected chi connectivity index (χ4v) is 3.23. The number of ether oxygens (including phenoxy) is 3. The number of benzene rings is 2. The third-order valence-electron chi connectivity index (χ3n) is 4.32. The van der Waals surface area contributed by atoms with Crippen molar-refractivity contribution in [3.63, 3.8) is 0 Å². The number of primary amides is 1. The number of methoxy groups -OCH3 is 1. The van der Waals surface area contributed by atoms with Gasteiger partial charge < -0.3 is 25.3 Å². The van der Waals surface area contributed by atoms with Gasteiger partial charge >= 0.3 is 6.09 Å². The highest BCUT2D eigenvalue weighted by molar-refractivity contribution is 5.98. The van der Waals surface area contributed by atoms with Crippen molar-refractivity contribution < 1.29 is 23.8 Å². The van der Waals surface area contributed by atoms with Crippen molar-refractivity contribution in [2.45, 2.75) is 39.7 Å². The lowest BCUT2D eigenvalue weighted by molar-refractivity contribution is -0.135. The van der Waals surface area contributed by atoms with Crippen molar-refractivity contribution in [3.05, 3.63) is 48.0 Å². The largest absolute Gasteiger partial charge is 0.495 e. The lowest BCUT2D eigenvalue weighted by Gasteiger charge is -2.33. The van der Waals surface area contributed by atoms with E-state index in [0.29, 0.717) is 28.5 Å². The molecule has 0 aliphatic heterocycles. The molecule has 8 nitrogen and oxygen atoms in total. The summed E-state index contributed by atoms with van der Waals surface area (Å²) < 4.78 is 16.1. The zero-order valence-electron chi connectivity index (χ0n) is 18.3. The average Bonchev–Trinajstić information content (AvgIpc) is 2.67. The van der Waals surface area contributed by atoms with Gasteiger partial charge in [0.05, 0.1) is 12.7 Å². The Morgan fingerprint density at radius 1 is 1.06 bits per heavy atom. The van der Waals surface area contributed by atoms with E-state index in [2.05, 4.69) is 5.32 Å². The predicted octanol–water partition coefficient (Wildman–Crippen LogP) is 4.59. The number of rotatable bonds is 7. The number of amides is 2. The SMILES string of the molecule is COc1cc(Oc2ccc(NC(=O)C(C)(CC(C)(C)C)OC(N)=O)cc2)ccc1C#N. The van der Waals surface area contributed by atoms with Crippen molar-refractivity contribution in [1.82, 2.24) is 0 Å². The minimum absolute atomic E-state index is 0.276. The first-order valence-corrected chi connectivity index (χ1v) is 9.62. The zero-order valence-corrected chi connectivity index (χ0v) is 18.3. The number of nitrogens with two attached hydrogens (primary N) is 1. The van der Waals surface area contributed by atoms with Crippen LogP contribution in [0.2, 0.25) is 0 Å². The van der Waals surface area contributed by atoms with Crippen LogP contribution < -0.4 is 20.5 Å². The Bertz CT molecular complexity index is 990. The van der Waals surface area contributed by atoms with Crippen LogP contribution in [0.4, 0.5) is 10.5 Å². The van der Waals surface area contributed by atoms with Crippen LogP contribution in [0.15, 0.2) is 42.5 Å². The van der Waals surface area contributed by atoms with E-state index in [1.165, 1.54) is 14.0 Å². The van der Waals surface area contributed by atoms with Crippen molar-refractivity contribution >= 4 is 17.7 Å². The first-order chi connectivity index (χ1) is 14.5. The molecule has 0 heterocycles. The molecular weight excluding hydrogens is 398 g/mol. The van der Waals surface area contributed by atoms with Gasteiger partial charge in [-0.2, -0.15) is 5.26 Å². The molecule has 2 aromatic rings. The number of hydrogen-bond donors (Lipinski definition) is 2. The Hall–Kier alpha value is -3.73. The predicted molar refractivity (Wildman–Crippen MR) is 116 cm³/mol. The molecule has 0 saturated heterocycles. The van der Waals surface area contributed by atoms with E-state index >= 15 is 0 Å². The normalized spacial score (nSPS) is 12.8. The Morgan fingerprint density at radius 3 is 2.19 bits per heavy atom. The number of nitrogens with zero attached hydrogens (tertiary/aromatic N) is 1. The fraction of sp³-hybridized carbons (Fsp3) is 0.348. The number of carbonyl (C=O) groups excluding carboxylic acids is 2. The average molecular weight is 425 g/mol. The Morgan fingerprint density at radius 2 is 1.68 bits per heavy atom. The van der Waals surface area contributed by atoms with Gasteiger partial charge in [0, 0.05) is 18.2 Å². The van der Waals surface area contributed by atoms with Crippen molar-refractivity contribution in [3.8, 4) is 23.3 Å². The number of hydrogen-bond acceptors (Lipinski definition) is 6. The molecule has 1 atom stereocenters. The van der Waals surface area contributed by atoms with Crippen LogP contribution in [-0.4, -0.2) is 24.7 Å². The summed E-state index contributed by atoms with van der Waals surface area (Å²) in [7, 11) is 1.48. The molecule has 2 rings (SSSR count). The van der Waals surface area contributed by atoms with Crippen LogP contribution in [0.1, 0.15) is 39.7 Å². The van der Waals surface area contributed by atoms with Gasteiger partial charge in [-0.25, -0.2) is 4.79 Å². The van der Waals surface area contributed by atoms with Gasteiger partial charge in [0.15, 0.2) is 5.60 Å². The maximum absolute atomic E-state index is 12.8. The van der Waals surface area contributed by atoms with Crippen LogP contribution in [0.3, 0.4) is 0 Å². The van der Waals surface area contributed by atoms with E-state index in [0.717, 1.165) is 0 Å². The molecule has 31 heavy (non-hydrogen) atoms. The zero-order chi connectivity index (χ0) is 23.2. The summed E-state index contributed by atoms with van der Waals surface area (Å²) >= 11 is 0. The quantitative estimate of drug-likeness (QED) is 0.669. The maximum Gasteiger partial charge on any atom is 0.405 e. The summed E-state index contributed by atoms with van der Waals surface area (Å²) in [4.78, 5) is 24.2. The van der Waals surface area contributed by atoms with E-state index in [4.69, 9.17) is 25.2 Å². The van der Waals surface area contributed by atoms with Crippen LogP contribution in [-0.2, 0) is 9.53 Å². The third kappa shape index (κ3) is 6.64. The molecule has 0 radical (unpaired) electrons. The van der Waals surface area contributed by atoms with Gasteiger partial charge in [-0.3, -0.25) is 4.79 Å². The lowest BCUT2D eigenvalue weighted by atomic mass is 9.82. The van der Waals surface area contributed by atoms with Crippen LogP contribution in [0.5, 0.6) is 17.2 Å². The number of carbonyl (C=O) groups is 2. The second-order valence-electron chi connectivity index (χ2n) is 8.44. The summed E-state index contributed by atoms with van der Waals surface area (Å²) in [5, 5.41) is 11.8. The van der Waals surface area contributed by atoms with Gasteiger partial charge in [-0.05, 0) is 48.7 Å². The van der Waals surface area contributed by atoms with Gasteiger partial charge in [0.1, 0.15) is 23.3 Å². The van der Waals surface area contributed by atoms with Crippen LogP contribution in [0, 0.1) is 16.7 Å². The summed E-state index contributed by atoms with van der Waals surface area (Å²) in [5.41, 5.74) is 4.39. The van der Waals surface area contributed by atoms with Gasteiger partial charge in [0.25, 0.3) is 5.91 Å². The first-order valence-electron chi connectivity index (χ1n) is 9.62. The summed E-state index contributed by atoms with van der Waals surface area (Å²) in [6, 6.07) is 13.6. The second kappa shape index (κ2) is 9.39. The molecule has 164 valence electrons. The molecule has 2 amide bonds. The molecule has 2 aromatic carbocycles. The second-order valence-corrected chi connectivity index (χ2v) is 8.44. The first kappa shape index (κ1) is 23.5. The summed E-state index contributed by atoms with van der Waals surface area (Å²) in [6.07, 6.45) is -0.722. The van der Waals surface area contributed by atoms with E-state index in [9.17, 15) is 9.59 Å². The minimum Gasteiger partial charge on any atom is -0.495 e. The number of nitriles is 1. The molecule has 0 saturated carbocycles. The molecule has 1 unspecified atom stereocenters. The number of nitrogens with one attached hydrogen (secondary N) is 1. The van der Waals surface area contributed by atoms with Gasteiger partial charge in [-0.1, -0.05) is 20.8 Å². The van der Waals surface area contributed by atoms with Crippen molar-refractivity contribution in [2.75, 3.05) is 12.4 Å². The molecule has 0 aliphatic carbocycles. The monoisotopic (exact) mass is 425 g/mol. The highest BCUT2D eigenvalue weighted by atomic mass is 16.6. The highest BCUT2D eigenvalue weighted by Gasteiger charge is 2.40. The molecule has 0 aliphatic rings. The third-order valence-corrected chi connectivity index (χ3v) is 4.32. The van der Waals surface area contributed by atoms with Crippen LogP contribution in [0.25, 0.3) is 0 Å². The lowest BCUT2D eigenvalue weighted by Crippen LogP contribution is -2.47. The van der Waals surface area contributed by atoms with Gasteiger partial charge in [-0.15, -0.1) is 0 Å².